The van der Waals surface area contributed by atoms with E-state index in [1.165, 1.54) is 11.3 Å². The van der Waals surface area contributed by atoms with Gasteiger partial charge in [-0.3, -0.25) is 4.79 Å². The third kappa shape index (κ3) is 3.95. The fourth-order valence-corrected chi connectivity index (χ4v) is 3.62. The quantitative estimate of drug-likeness (QED) is 0.489. The van der Waals surface area contributed by atoms with Crippen LogP contribution in [0.3, 0.4) is 0 Å². The molecule has 0 fully saturated rings. The smallest absolute Gasteiger partial charge is 0.330 e. The standard InChI is InChI=1S/C22H16N2O4S/c25-20(24-19(22(26)27)15-10-11-29-13-15)16-8-4-5-9-17(16)21-23-12-18(28-21)14-6-2-1-3-7-14/h1-13,19H,(H,24,25)(H,26,27). The second kappa shape index (κ2) is 8.12. The Labute approximate surface area is 170 Å². The molecular weight excluding hydrogens is 388 g/mol. The normalized spacial score (nSPS) is 11.7. The first-order valence-corrected chi connectivity index (χ1v) is 9.74. The molecule has 2 heterocycles. The van der Waals surface area contributed by atoms with Crippen molar-refractivity contribution < 1.29 is 19.1 Å². The maximum atomic E-state index is 12.9. The zero-order valence-electron chi connectivity index (χ0n) is 15.1. The maximum absolute atomic E-state index is 12.9. The van der Waals surface area contributed by atoms with Crippen LogP contribution in [0.1, 0.15) is 22.0 Å². The Hall–Kier alpha value is -3.71. The lowest BCUT2D eigenvalue weighted by atomic mass is 10.1. The molecule has 2 aromatic heterocycles. The van der Waals surface area contributed by atoms with Crippen LogP contribution in [0.15, 0.2) is 82.0 Å². The van der Waals surface area contributed by atoms with Crippen LogP contribution in [0.25, 0.3) is 22.8 Å². The minimum Gasteiger partial charge on any atom is -0.479 e. The molecule has 0 saturated carbocycles. The van der Waals surface area contributed by atoms with Crippen LogP contribution in [0.4, 0.5) is 0 Å². The Bertz CT molecular complexity index is 1140. The predicted octanol–water partition coefficient (Wildman–Crippen LogP) is 4.63. The van der Waals surface area contributed by atoms with Crippen molar-refractivity contribution in [3.63, 3.8) is 0 Å². The van der Waals surface area contributed by atoms with E-state index in [4.69, 9.17) is 4.42 Å². The van der Waals surface area contributed by atoms with Crippen LogP contribution >= 0.6 is 11.3 Å². The van der Waals surface area contributed by atoms with Crippen LogP contribution < -0.4 is 5.32 Å². The summed E-state index contributed by atoms with van der Waals surface area (Å²) < 4.78 is 5.87. The summed E-state index contributed by atoms with van der Waals surface area (Å²) in [6, 6.07) is 16.9. The Kier molecular flexibility index (Phi) is 5.22. The van der Waals surface area contributed by atoms with Gasteiger partial charge in [-0.15, -0.1) is 0 Å². The molecule has 0 radical (unpaired) electrons. The summed E-state index contributed by atoms with van der Waals surface area (Å²) in [6.45, 7) is 0. The number of carbonyl (C=O) groups is 2. The van der Waals surface area contributed by atoms with Crippen molar-refractivity contribution >= 4 is 23.2 Å². The number of rotatable bonds is 6. The van der Waals surface area contributed by atoms with Gasteiger partial charge in [0.2, 0.25) is 5.89 Å². The van der Waals surface area contributed by atoms with Crippen molar-refractivity contribution in [1.29, 1.82) is 0 Å². The number of carboxylic acids is 1. The van der Waals surface area contributed by atoms with E-state index in [0.717, 1.165) is 5.56 Å². The molecule has 4 aromatic rings. The zero-order chi connectivity index (χ0) is 20.2. The minimum absolute atomic E-state index is 0.287. The monoisotopic (exact) mass is 404 g/mol. The van der Waals surface area contributed by atoms with E-state index in [-0.39, 0.29) is 11.5 Å². The first kappa shape index (κ1) is 18.6. The molecule has 29 heavy (non-hydrogen) atoms. The van der Waals surface area contributed by atoms with Crippen LogP contribution in [-0.4, -0.2) is 22.0 Å². The number of oxazole rings is 1. The van der Waals surface area contributed by atoms with Crippen molar-refractivity contribution in [3.8, 4) is 22.8 Å². The van der Waals surface area contributed by atoms with Gasteiger partial charge in [-0.1, -0.05) is 42.5 Å². The molecule has 0 aliphatic carbocycles. The third-order valence-electron chi connectivity index (χ3n) is 4.36. The summed E-state index contributed by atoms with van der Waals surface area (Å²) in [6.07, 6.45) is 1.60. The number of hydrogen-bond acceptors (Lipinski definition) is 5. The van der Waals surface area contributed by atoms with Gasteiger partial charge in [0.1, 0.15) is 0 Å². The molecule has 1 atom stereocenters. The van der Waals surface area contributed by atoms with E-state index < -0.39 is 17.9 Å². The summed E-state index contributed by atoms with van der Waals surface area (Å²) in [5.41, 5.74) is 2.17. The molecule has 0 aliphatic heterocycles. The molecule has 2 N–H and O–H groups in total. The third-order valence-corrected chi connectivity index (χ3v) is 5.07. The van der Waals surface area contributed by atoms with Gasteiger partial charge < -0.3 is 14.8 Å². The van der Waals surface area contributed by atoms with Crippen LogP contribution in [0.2, 0.25) is 0 Å². The number of carboxylic acid groups (broad SMARTS) is 1. The van der Waals surface area contributed by atoms with E-state index in [2.05, 4.69) is 10.3 Å². The number of thiophene rings is 1. The van der Waals surface area contributed by atoms with Crippen LogP contribution in [0, 0.1) is 0 Å². The number of aliphatic carboxylic acids is 1. The largest absolute Gasteiger partial charge is 0.479 e. The first-order chi connectivity index (χ1) is 14.1. The van der Waals surface area contributed by atoms with E-state index >= 15 is 0 Å². The van der Waals surface area contributed by atoms with E-state index in [1.54, 1.807) is 47.3 Å². The number of nitrogens with zero attached hydrogens (tertiary/aromatic N) is 1. The Morgan fingerprint density at radius 2 is 1.79 bits per heavy atom. The Balaban J connectivity index is 1.64. The number of nitrogens with one attached hydrogen (secondary N) is 1. The van der Waals surface area contributed by atoms with Crippen molar-refractivity contribution in [1.82, 2.24) is 10.3 Å². The van der Waals surface area contributed by atoms with E-state index in [0.29, 0.717) is 16.9 Å². The number of benzene rings is 2. The Morgan fingerprint density at radius 3 is 2.52 bits per heavy atom. The van der Waals surface area contributed by atoms with Crippen molar-refractivity contribution in [2.45, 2.75) is 6.04 Å². The summed E-state index contributed by atoms with van der Waals surface area (Å²) in [4.78, 5) is 28.8. The molecule has 0 bridgehead atoms. The second-order valence-electron chi connectivity index (χ2n) is 6.24. The van der Waals surface area contributed by atoms with Crippen LogP contribution in [0.5, 0.6) is 0 Å². The van der Waals surface area contributed by atoms with Crippen molar-refractivity contribution in [3.05, 3.63) is 88.7 Å². The maximum Gasteiger partial charge on any atom is 0.330 e. The molecule has 4 rings (SSSR count). The average Bonchev–Trinajstić information content (AvgIpc) is 3.44. The minimum atomic E-state index is -1.13. The average molecular weight is 404 g/mol. The number of amides is 1. The van der Waals surface area contributed by atoms with Gasteiger partial charge in [0.15, 0.2) is 11.8 Å². The van der Waals surface area contributed by atoms with Gasteiger partial charge in [-0.2, -0.15) is 11.3 Å². The summed E-state index contributed by atoms with van der Waals surface area (Å²) >= 11 is 1.37. The SMILES string of the molecule is O=C(NC(C(=O)O)c1ccsc1)c1ccccc1-c1ncc(-c2ccccc2)o1. The number of carbonyl (C=O) groups excluding carboxylic acids is 1. The van der Waals surface area contributed by atoms with Gasteiger partial charge in [0.05, 0.1) is 11.8 Å². The molecule has 0 spiro atoms. The van der Waals surface area contributed by atoms with Gasteiger partial charge in [0.25, 0.3) is 5.91 Å². The zero-order valence-corrected chi connectivity index (χ0v) is 15.9. The Morgan fingerprint density at radius 1 is 1.03 bits per heavy atom. The van der Waals surface area contributed by atoms with Crippen molar-refractivity contribution in [2.75, 3.05) is 0 Å². The number of hydrogen-bond donors (Lipinski definition) is 2. The second-order valence-corrected chi connectivity index (χ2v) is 7.02. The highest BCUT2D eigenvalue weighted by Gasteiger charge is 2.25. The molecule has 1 unspecified atom stereocenters. The van der Waals surface area contributed by atoms with Gasteiger partial charge in [-0.25, -0.2) is 9.78 Å². The lowest BCUT2D eigenvalue weighted by Crippen LogP contribution is -2.33. The van der Waals surface area contributed by atoms with Gasteiger partial charge in [-0.05, 0) is 34.5 Å². The highest BCUT2D eigenvalue weighted by molar-refractivity contribution is 7.08. The van der Waals surface area contributed by atoms with E-state index in [9.17, 15) is 14.7 Å². The van der Waals surface area contributed by atoms with Crippen molar-refractivity contribution in [2.24, 2.45) is 0 Å². The summed E-state index contributed by atoms with van der Waals surface area (Å²) in [5, 5.41) is 15.6. The molecular formula is C22H16N2O4S. The molecule has 144 valence electrons. The summed E-state index contributed by atoms with van der Waals surface area (Å²) in [5.74, 6) is -0.773. The fourth-order valence-electron chi connectivity index (χ4n) is 2.94. The summed E-state index contributed by atoms with van der Waals surface area (Å²) in [7, 11) is 0. The first-order valence-electron chi connectivity index (χ1n) is 8.80. The molecule has 1 amide bonds. The topological polar surface area (TPSA) is 92.4 Å². The molecule has 0 aliphatic rings. The lowest BCUT2D eigenvalue weighted by molar-refractivity contribution is -0.139. The molecule has 0 saturated heterocycles. The molecule has 7 heteroatoms. The highest BCUT2D eigenvalue weighted by Crippen LogP contribution is 2.28. The van der Waals surface area contributed by atoms with E-state index in [1.807, 2.05) is 30.3 Å². The van der Waals surface area contributed by atoms with Crippen LogP contribution in [-0.2, 0) is 4.79 Å². The molecule has 6 nitrogen and oxygen atoms in total. The highest BCUT2D eigenvalue weighted by atomic mass is 32.1. The lowest BCUT2D eigenvalue weighted by Gasteiger charge is -2.14. The fraction of sp³-hybridized carbons (Fsp3) is 0.0455. The predicted molar refractivity (Wildman–Crippen MR) is 110 cm³/mol. The number of aromatic nitrogens is 1. The molecule has 2 aromatic carbocycles. The van der Waals surface area contributed by atoms with Gasteiger partial charge >= 0.3 is 5.97 Å². The van der Waals surface area contributed by atoms with Gasteiger partial charge in [0, 0.05) is 11.1 Å².